The van der Waals surface area contributed by atoms with Crippen LogP contribution < -0.4 is 10.9 Å². The van der Waals surface area contributed by atoms with Gasteiger partial charge >= 0.3 is 5.38 Å². The number of halogens is 3. The molecule has 1 aliphatic heterocycles. The lowest BCUT2D eigenvalue weighted by Crippen LogP contribution is -2.34. The Morgan fingerprint density at radius 3 is 2.73 bits per heavy atom. The van der Waals surface area contributed by atoms with E-state index in [1.54, 1.807) is 7.05 Å². The van der Waals surface area contributed by atoms with Crippen LogP contribution >= 0.6 is 23.5 Å². The monoisotopic (exact) mass is 201 g/mol. The Morgan fingerprint density at radius 1 is 1.82 bits per heavy atom. The summed E-state index contributed by atoms with van der Waals surface area (Å²) in [5, 5.41) is -3.29. The Bertz CT molecular complexity index is 181. The van der Waals surface area contributed by atoms with Gasteiger partial charge in [-0.05, 0) is 11.6 Å². The van der Waals surface area contributed by atoms with E-state index in [1.165, 1.54) is 4.52 Å². The number of allylic oxidation sites excluding steroid dienone is 1. The summed E-state index contributed by atoms with van der Waals surface area (Å²) in [7, 11) is 1.60. The lowest BCUT2D eigenvalue weighted by Gasteiger charge is -2.12. The van der Waals surface area contributed by atoms with Crippen LogP contribution in [0.4, 0.5) is 8.78 Å². The van der Waals surface area contributed by atoms with Crippen LogP contribution in [-0.2, 0) is 0 Å². The minimum Gasteiger partial charge on any atom is -0.302 e. The van der Waals surface area contributed by atoms with Gasteiger partial charge in [-0.1, -0.05) is 4.52 Å². The zero-order chi connectivity index (χ0) is 8.48. The molecule has 11 heavy (non-hydrogen) atoms. The molecule has 1 aliphatic rings. The average molecular weight is 202 g/mol. The molecule has 64 valence electrons. The fourth-order valence-corrected chi connectivity index (χ4v) is 1.27. The molecule has 0 fully saturated rings. The minimum atomic E-state index is -3.29. The quantitative estimate of drug-likeness (QED) is 0.520. The fourth-order valence-electron chi connectivity index (χ4n) is 0.512. The smallest absolute Gasteiger partial charge is 0.302 e. The molecule has 0 aromatic rings. The maximum Gasteiger partial charge on any atom is 0.356 e. The van der Waals surface area contributed by atoms with E-state index in [1.807, 2.05) is 0 Å². The summed E-state index contributed by atoms with van der Waals surface area (Å²) in [6, 6.07) is 0. The van der Waals surface area contributed by atoms with E-state index in [9.17, 15) is 8.78 Å². The van der Waals surface area contributed by atoms with Gasteiger partial charge in [-0.15, -0.1) is 0 Å². The van der Waals surface area contributed by atoms with Crippen molar-refractivity contribution in [3.63, 3.8) is 0 Å². The van der Waals surface area contributed by atoms with Gasteiger partial charge in [0, 0.05) is 25.2 Å². The summed E-state index contributed by atoms with van der Waals surface area (Å²) >= 11 is 5.55. The summed E-state index contributed by atoms with van der Waals surface area (Å²) in [6.07, 6.45) is 1.15. The number of hydrazine groups is 2. The van der Waals surface area contributed by atoms with Crippen molar-refractivity contribution in [1.29, 1.82) is 0 Å². The van der Waals surface area contributed by atoms with Crippen LogP contribution in [0.1, 0.15) is 0 Å². The molecule has 0 saturated carbocycles. The first kappa shape index (κ1) is 9.05. The van der Waals surface area contributed by atoms with Gasteiger partial charge in [-0.25, -0.2) is 5.43 Å². The molecule has 0 radical (unpaired) electrons. The van der Waals surface area contributed by atoms with Crippen LogP contribution in [0.3, 0.4) is 0 Å². The normalized spacial score (nSPS) is 19.8. The van der Waals surface area contributed by atoms with Crippen molar-refractivity contribution in [3.8, 4) is 0 Å². The summed E-state index contributed by atoms with van der Waals surface area (Å²) in [5.41, 5.74) is 5.13. The number of alkyl halides is 3. The van der Waals surface area contributed by atoms with E-state index in [2.05, 4.69) is 10.9 Å². The van der Waals surface area contributed by atoms with E-state index < -0.39 is 5.38 Å². The molecule has 0 aromatic carbocycles. The fraction of sp³-hybridized carbons (Fsp3) is 0.500. The van der Waals surface area contributed by atoms with Crippen molar-refractivity contribution in [2.45, 2.75) is 5.38 Å². The van der Waals surface area contributed by atoms with Crippen molar-refractivity contribution in [2.24, 2.45) is 0 Å². The Labute approximate surface area is 71.8 Å². The second-order valence-electron chi connectivity index (χ2n) is 1.74. The summed E-state index contributed by atoms with van der Waals surface area (Å²) < 4.78 is 25.9. The largest absolute Gasteiger partial charge is 0.356 e. The molecule has 0 spiro atoms. The number of nitrogens with zero attached hydrogens (tertiary/aromatic N) is 1. The highest BCUT2D eigenvalue weighted by molar-refractivity contribution is 8.01. The highest BCUT2D eigenvalue weighted by Gasteiger charge is 2.35. The molecule has 1 rings (SSSR count). The number of nitrogens with one attached hydrogen (secondary N) is 2. The summed E-state index contributed by atoms with van der Waals surface area (Å²) in [5.74, 6) is 0. The van der Waals surface area contributed by atoms with Crippen molar-refractivity contribution in [1.82, 2.24) is 15.4 Å². The standard InChI is InChI=1S/C4H6ClF2N3S/c1-8-10-9-2-3(11-10)4(5,6)7/h2,8-9H,1H3. The SMILES string of the molecule is CNN1NC=C(C(F)(F)Cl)S1. The third kappa shape index (κ3) is 2.19. The van der Waals surface area contributed by atoms with E-state index in [-0.39, 0.29) is 4.91 Å². The third-order valence-corrected chi connectivity index (χ3v) is 2.34. The Balaban J connectivity index is 2.53. The Kier molecular flexibility index (Phi) is 2.58. The molecular weight excluding hydrogens is 196 g/mol. The average Bonchev–Trinajstić information content (AvgIpc) is 2.32. The first-order chi connectivity index (χ1) is 5.04. The van der Waals surface area contributed by atoms with Crippen LogP contribution in [0.5, 0.6) is 0 Å². The topological polar surface area (TPSA) is 27.3 Å². The van der Waals surface area contributed by atoms with Crippen LogP contribution in [-0.4, -0.2) is 17.0 Å². The first-order valence-corrected chi connectivity index (χ1v) is 3.88. The first-order valence-electron chi connectivity index (χ1n) is 2.73. The molecule has 0 saturated heterocycles. The second-order valence-corrected chi connectivity index (χ2v) is 3.21. The van der Waals surface area contributed by atoms with Gasteiger partial charge in [0.15, 0.2) is 0 Å². The highest BCUT2D eigenvalue weighted by atomic mass is 35.5. The lowest BCUT2D eigenvalue weighted by atomic mass is 10.6. The van der Waals surface area contributed by atoms with Crippen LogP contribution in [0, 0.1) is 0 Å². The molecule has 0 bridgehead atoms. The molecule has 2 N–H and O–H groups in total. The maximum absolute atomic E-state index is 12.3. The van der Waals surface area contributed by atoms with E-state index in [0.717, 1.165) is 18.1 Å². The second kappa shape index (κ2) is 3.14. The van der Waals surface area contributed by atoms with Gasteiger partial charge in [0.25, 0.3) is 0 Å². The zero-order valence-electron chi connectivity index (χ0n) is 5.57. The van der Waals surface area contributed by atoms with Crippen molar-refractivity contribution in [2.75, 3.05) is 7.05 Å². The predicted molar refractivity (Wildman–Crippen MR) is 40.5 cm³/mol. The molecule has 0 unspecified atom stereocenters. The third-order valence-electron chi connectivity index (χ3n) is 0.985. The number of hydrogen-bond acceptors (Lipinski definition) is 4. The molecule has 3 nitrogen and oxygen atoms in total. The minimum absolute atomic E-state index is 0.228. The van der Waals surface area contributed by atoms with Gasteiger partial charge in [0.1, 0.15) is 4.91 Å². The van der Waals surface area contributed by atoms with Gasteiger partial charge in [-0.3, -0.25) is 0 Å². The van der Waals surface area contributed by atoms with Crippen molar-refractivity contribution >= 4 is 23.5 Å². The van der Waals surface area contributed by atoms with E-state index in [0.29, 0.717) is 0 Å². The lowest BCUT2D eigenvalue weighted by molar-refractivity contribution is 0.148. The summed E-state index contributed by atoms with van der Waals surface area (Å²) in [6.45, 7) is 0. The van der Waals surface area contributed by atoms with Gasteiger partial charge in [0.05, 0.1) is 0 Å². The molecule has 0 aliphatic carbocycles. The van der Waals surface area contributed by atoms with Crippen LogP contribution in [0.2, 0.25) is 0 Å². The Morgan fingerprint density at radius 2 is 2.45 bits per heavy atom. The number of hydrogen-bond donors (Lipinski definition) is 2. The maximum atomic E-state index is 12.3. The predicted octanol–water partition coefficient (Wildman–Crippen LogP) is 1.26. The van der Waals surface area contributed by atoms with E-state index in [4.69, 9.17) is 11.6 Å². The number of rotatable bonds is 2. The molecule has 0 amide bonds. The van der Waals surface area contributed by atoms with Gasteiger partial charge in [0.2, 0.25) is 0 Å². The van der Waals surface area contributed by atoms with Crippen LogP contribution in [0.25, 0.3) is 0 Å². The van der Waals surface area contributed by atoms with Crippen molar-refractivity contribution in [3.05, 3.63) is 11.1 Å². The molecule has 1 heterocycles. The van der Waals surface area contributed by atoms with Crippen molar-refractivity contribution < 1.29 is 8.78 Å². The zero-order valence-corrected chi connectivity index (χ0v) is 7.14. The van der Waals surface area contributed by atoms with Gasteiger partial charge in [-0.2, -0.15) is 8.78 Å². The molecular formula is C4H6ClF2N3S. The van der Waals surface area contributed by atoms with Gasteiger partial charge < -0.3 is 5.43 Å². The molecule has 0 aromatic heterocycles. The highest BCUT2D eigenvalue weighted by Crippen LogP contribution is 2.38. The van der Waals surface area contributed by atoms with Crippen LogP contribution in [0.15, 0.2) is 11.1 Å². The molecule has 0 atom stereocenters. The summed E-state index contributed by atoms with van der Waals surface area (Å²) in [4.78, 5) is -0.228. The van der Waals surface area contributed by atoms with E-state index >= 15 is 0 Å². The molecule has 7 heteroatoms. The Hall–Kier alpha value is -0.0400.